The number of carboxylic acid groups (broad SMARTS) is 1. The van der Waals surface area contributed by atoms with Crippen molar-refractivity contribution in [2.75, 3.05) is 13.1 Å². The standard InChI is InChI=1S/C15H28N2O3/c1-11(2)8-13(9-14(18)19)10-16-15(20)17-7-5-4-6-12(17)3/h11-13H,4-10H2,1-3H3,(H,16,20)(H,18,19). The summed E-state index contributed by atoms with van der Waals surface area (Å²) in [5.41, 5.74) is 0. The largest absolute Gasteiger partial charge is 0.481 e. The van der Waals surface area contributed by atoms with E-state index in [-0.39, 0.29) is 24.4 Å². The summed E-state index contributed by atoms with van der Waals surface area (Å²) in [4.78, 5) is 24.9. The molecule has 116 valence electrons. The van der Waals surface area contributed by atoms with Gasteiger partial charge in [0.15, 0.2) is 0 Å². The monoisotopic (exact) mass is 284 g/mol. The maximum Gasteiger partial charge on any atom is 0.317 e. The van der Waals surface area contributed by atoms with E-state index in [1.807, 2.05) is 4.90 Å². The third-order valence-corrected chi connectivity index (χ3v) is 3.87. The van der Waals surface area contributed by atoms with Gasteiger partial charge < -0.3 is 15.3 Å². The van der Waals surface area contributed by atoms with Gasteiger partial charge in [-0.25, -0.2) is 4.79 Å². The average Bonchev–Trinajstić information content (AvgIpc) is 2.34. The lowest BCUT2D eigenvalue weighted by molar-refractivity contribution is -0.138. The fraction of sp³-hybridized carbons (Fsp3) is 0.867. The highest BCUT2D eigenvalue weighted by Crippen LogP contribution is 2.17. The van der Waals surface area contributed by atoms with E-state index < -0.39 is 5.97 Å². The zero-order valence-corrected chi connectivity index (χ0v) is 12.9. The van der Waals surface area contributed by atoms with E-state index in [1.165, 1.54) is 6.42 Å². The molecule has 0 radical (unpaired) electrons. The van der Waals surface area contributed by atoms with Crippen LogP contribution in [0.15, 0.2) is 0 Å². The third kappa shape index (κ3) is 5.80. The molecular formula is C15H28N2O3. The smallest absolute Gasteiger partial charge is 0.317 e. The molecule has 2 atom stereocenters. The number of nitrogens with zero attached hydrogens (tertiary/aromatic N) is 1. The van der Waals surface area contributed by atoms with Gasteiger partial charge in [0, 0.05) is 25.6 Å². The van der Waals surface area contributed by atoms with Gasteiger partial charge in [0.25, 0.3) is 0 Å². The van der Waals surface area contributed by atoms with Crippen LogP contribution in [-0.2, 0) is 4.79 Å². The number of carboxylic acids is 1. The molecule has 1 saturated heterocycles. The summed E-state index contributed by atoms with van der Waals surface area (Å²) < 4.78 is 0. The van der Waals surface area contributed by atoms with Crippen molar-refractivity contribution in [3.8, 4) is 0 Å². The van der Waals surface area contributed by atoms with Crippen LogP contribution >= 0.6 is 0 Å². The minimum atomic E-state index is -0.795. The van der Waals surface area contributed by atoms with Crippen molar-refractivity contribution < 1.29 is 14.7 Å². The number of carbonyl (C=O) groups is 2. The molecule has 2 N–H and O–H groups in total. The van der Waals surface area contributed by atoms with Gasteiger partial charge in [0.1, 0.15) is 0 Å². The fourth-order valence-corrected chi connectivity index (χ4v) is 2.89. The summed E-state index contributed by atoms with van der Waals surface area (Å²) in [6, 6.07) is 0.239. The normalized spacial score (nSPS) is 20.8. The van der Waals surface area contributed by atoms with Gasteiger partial charge in [-0.3, -0.25) is 4.79 Å². The Balaban J connectivity index is 2.44. The number of nitrogens with one attached hydrogen (secondary N) is 1. The van der Waals surface area contributed by atoms with E-state index in [1.54, 1.807) is 0 Å². The number of hydrogen-bond donors (Lipinski definition) is 2. The van der Waals surface area contributed by atoms with Gasteiger partial charge in [0.2, 0.25) is 0 Å². The molecule has 0 aromatic heterocycles. The summed E-state index contributed by atoms with van der Waals surface area (Å²) in [5, 5.41) is 11.8. The van der Waals surface area contributed by atoms with Crippen molar-refractivity contribution >= 4 is 12.0 Å². The molecule has 1 fully saturated rings. The topological polar surface area (TPSA) is 69.6 Å². The molecule has 0 aliphatic carbocycles. The molecular weight excluding hydrogens is 256 g/mol. The van der Waals surface area contributed by atoms with E-state index >= 15 is 0 Å². The van der Waals surface area contributed by atoms with E-state index in [9.17, 15) is 9.59 Å². The Morgan fingerprint density at radius 3 is 2.60 bits per heavy atom. The number of piperidine rings is 1. The molecule has 0 aromatic rings. The minimum absolute atomic E-state index is 0.0107. The SMILES string of the molecule is CC(C)CC(CNC(=O)N1CCCCC1C)CC(=O)O. The van der Waals surface area contributed by atoms with Crippen molar-refractivity contribution in [3.05, 3.63) is 0 Å². The van der Waals surface area contributed by atoms with E-state index in [2.05, 4.69) is 26.1 Å². The molecule has 5 heteroatoms. The highest BCUT2D eigenvalue weighted by molar-refractivity contribution is 5.74. The quantitative estimate of drug-likeness (QED) is 0.788. The Labute approximate surface area is 121 Å². The second-order valence-electron chi connectivity index (χ2n) is 6.32. The van der Waals surface area contributed by atoms with Crippen LogP contribution in [0.4, 0.5) is 4.79 Å². The zero-order chi connectivity index (χ0) is 15.1. The highest BCUT2D eigenvalue weighted by atomic mass is 16.4. The Hall–Kier alpha value is -1.26. The Bertz CT molecular complexity index is 331. The van der Waals surface area contributed by atoms with Crippen LogP contribution < -0.4 is 5.32 Å². The molecule has 0 aromatic carbocycles. The first-order valence-electron chi connectivity index (χ1n) is 7.66. The first-order chi connectivity index (χ1) is 9.40. The molecule has 2 unspecified atom stereocenters. The molecule has 1 aliphatic rings. The first-order valence-corrected chi connectivity index (χ1v) is 7.66. The van der Waals surface area contributed by atoms with Crippen molar-refractivity contribution in [3.63, 3.8) is 0 Å². The van der Waals surface area contributed by atoms with Crippen molar-refractivity contribution in [1.29, 1.82) is 0 Å². The molecule has 1 heterocycles. The van der Waals surface area contributed by atoms with Gasteiger partial charge >= 0.3 is 12.0 Å². The van der Waals surface area contributed by atoms with Gasteiger partial charge in [-0.2, -0.15) is 0 Å². The van der Waals surface area contributed by atoms with Crippen molar-refractivity contribution in [2.24, 2.45) is 11.8 Å². The number of carbonyl (C=O) groups excluding carboxylic acids is 1. The Morgan fingerprint density at radius 2 is 2.05 bits per heavy atom. The van der Waals surface area contributed by atoms with Crippen LogP contribution in [0.2, 0.25) is 0 Å². The maximum absolute atomic E-state index is 12.2. The van der Waals surface area contributed by atoms with Crippen LogP contribution in [-0.4, -0.2) is 41.1 Å². The lowest BCUT2D eigenvalue weighted by Crippen LogP contribution is -2.48. The second-order valence-corrected chi connectivity index (χ2v) is 6.32. The molecule has 20 heavy (non-hydrogen) atoms. The number of urea groups is 1. The number of amides is 2. The summed E-state index contributed by atoms with van der Waals surface area (Å²) in [7, 11) is 0. The van der Waals surface area contributed by atoms with Gasteiger partial charge in [-0.1, -0.05) is 13.8 Å². The highest BCUT2D eigenvalue weighted by Gasteiger charge is 2.24. The molecule has 1 rings (SSSR count). The Morgan fingerprint density at radius 1 is 1.35 bits per heavy atom. The van der Waals surface area contributed by atoms with Crippen molar-refractivity contribution in [1.82, 2.24) is 10.2 Å². The van der Waals surface area contributed by atoms with Crippen LogP contribution in [0.3, 0.4) is 0 Å². The summed E-state index contributed by atoms with van der Waals surface area (Å²) in [6.45, 7) is 7.47. The molecule has 0 spiro atoms. The second kappa shape index (κ2) is 8.12. The predicted molar refractivity (Wildman–Crippen MR) is 78.6 cm³/mol. The van der Waals surface area contributed by atoms with Crippen LogP contribution in [0.1, 0.15) is 52.9 Å². The lowest BCUT2D eigenvalue weighted by Gasteiger charge is -2.33. The summed E-state index contributed by atoms with van der Waals surface area (Å²) >= 11 is 0. The van der Waals surface area contributed by atoms with E-state index in [0.717, 1.165) is 25.8 Å². The minimum Gasteiger partial charge on any atom is -0.481 e. The van der Waals surface area contributed by atoms with Gasteiger partial charge in [-0.15, -0.1) is 0 Å². The Kier molecular flexibility index (Phi) is 6.82. The molecule has 2 amide bonds. The lowest BCUT2D eigenvalue weighted by atomic mass is 9.94. The van der Waals surface area contributed by atoms with E-state index in [0.29, 0.717) is 12.5 Å². The molecule has 5 nitrogen and oxygen atoms in total. The van der Waals surface area contributed by atoms with Gasteiger partial charge in [0.05, 0.1) is 0 Å². The fourth-order valence-electron chi connectivity index (χ4n) is 2.89. The number of aliphatic carboxylic acids is 1. The number of likely N-dealkylation sites (tertiary alicyclic amines) is 1. The summed E-state index contributed by atoms with van der Waals surface area (Å²) in [6.07, 6.45) is 4.23. The molecule has 0 bridgehead atoms. The van der Waals surface area contributed by atoms with Crippen molar-refractivity contribution in [2.45, 2.75) is 58.9 Å². The van der Waals surface area contributed by atoms with Crippen LogP contribution in [0, 0.1) is 11.8 Å². The molecule has 0 saturated carbocycles. The molecule has 1 aliphatic heterocycles. The first kappa shape index (κ1) is 16.8. The average molecular weight is 284 g/mol. The van der Waals surface area contributed by atoms with Crippen LogP contribution in [0.5, 0.6) is 0 Å². The van der Waals surface area contributed by atoms with Gasteiger partial charge in [-0.05, 0) is 44.4 Å². The van der Waals surface area contributed by atoms with Crippen LogP contribution in [0.25, 0.3) is 0 Å². The number of hydrogen-bond acceptors (Lipinski definition) is 2. The summed E-state index contributed by atoms with van der Waals surface area (Å²) in [5.74, 6) is -0.349. The number of rotatable bonds is 6. The zero-order valence-electron chi connectivity index (χ0n) is 12.9. The predicted octanol–water partition coefficient (Wildman–Crippen LogP) is 2.71. The van der Waals surface area contributed by atoms with E-state index in [4.69, 9.17) is 5.11 Å². The third-order valence-electron chi connectivity index (χ3n) is 3.87. The maximum atomic E-state index is 12.2.